The number of nitrogens with two attached hydrogens (primary N) is 1. The molecule has 0 saturated heterocycles. The summed E-state index contributed by atoms with van der Waals surface area (Å²) in [7, 11) is 0. The van der Waals surface area contributed by atoms with Crippen LogP contribution in [0.2, 0.25) is 5.02 Å². The first-order valence-electron chi connectivity index (χ1n) is 6.49. The summed E-state index contributed by atoms with van der Waals surface area (Å²) in [4.78, 5) is 0. The quantitative estimate of drug-likeness (QED) is 0.631. The second-order valence-corrected chi connectivity index (χ2v) is 5.16. The fourth-order valence-electron chi connectivity index (χ4n) is 1.93. The van der Waals surface area contributed by atoms with Crippen molar-refractivity contribution in [3.05, 3.63) is 58.6 Å². The highest BCUT2D eigenvalue weighted by Crippen LogP contribution is 2.17. The van der Waals surface area contributed by atoms with E-state index < -0.39 is 0 Å². The zero-order chi connectivity index (χ0) is 13.7. The number of benzene rings is 2. The van der Waals surface area contributed by atoms with E-state index in [-0.39, 0.29) is 0 Å². The molecule has 2 rings (SSSR count). The Bertz CT molecular complexity index is 535. The Hall–Kier alpha value is -1.67. The molecule has 2 aromatic carbocycles. The molecule has 0 aliphatic heterocycles. The van der Waals surface area contributed by atoms with Crippen molar-refractivity contribution in [2.75, 3.05) is 17.6 Å². The molecule has 3 N–H and O–H groups in total. The fraction of sp³-hybridized carbons (Fsp3) is 0.250. The lowest BCUT2D eigenvalue weighted by molar-refractivity contribution is 0.863. The van der Waals surface area contributed by atoms with Crippen molar-refractivity contribution < 1.29 is 0 Å². The molecule has 0 unspecified atom stereocenters. The SMILES string of the molecule is Cc1ccc(NCCCc2ccc(Cl)cc2)cc1N. The molecule has 2 nitrogen and oxygen atoms in total. The van der Waals surface area contributed by atoms with Crippen molar-refractivity contribution in [1.29, 1.82) is 0 Å². The Morgan fingerprint density at radius 2 is 1.84 bits per heavy atom. The molecule has 0 aliphatic rings. The van der Waals surface area contributed by atoms with Gasteiger partial charge in [0.25, 0.3) is 0 Å². The van der Waals surface area contributed by atoms with Crippen LogP contribution in [0.1, 0.15) is 17.5 Å². The summed E-state index contributed by atoms with van der Waals surface area (Å²) in [5, 5.41) is 4.18. The molecular formula is C16H19ClN2. The van der Waals surface area contributed by atoms with Gasteiger partial charge in [0.1, 0.15) is 0 Å². The maximum absolute atomic E-state index is 5.88. The van der Waals surface area contributed by atoms with Gasteiger partial charge < -0.3 is 11.1 Å². The number of nitrogen functional groups attached to an aromatic ring is 1. The molecule has 0 radical (unpaired) electrons. The third kappa shape index (κ3) is 4.18. The highest BCUT2D eigenvalue weighted by atomic mass is 35.5. The molecule has 19 heavy (non-hydrogen) atoms. The third-order valence-electron chi connectivity index (χ3n) is 3.16. The van der Waals surface area contributed by atoms with Gasteiger partial charge in [-0.15, -0.1) is 0 Å². The van der Waals surface area contributed by atoms with Gasteiger partial charge in [-0.1, -0.05) is 29.8 Å². The summed E-state index contributed by atoms with van der Waals surface area (Å²) in [5.41, 5.74) is 10.2. The van der Waals surface area contributed by atoms with Crippen LogP contribution in [-0.4, -0.2) is 6.54 Å². The highest BCUT2D eigenvalue weighted by Gasteiger charge is 1.97. The van der Waals surface area contributed by atoms with Crippen LogP contribution in [0.4, 0.5) is 11.4 Å². The number of hydrogen-bond acceptors (Lipinski definition) is 2. The normalized spacial score (nSPS) is 10.4. The lowest BCUT2D eigenvalue weighted by atomic mass is 10.1. The second kappa shape index (κ2) is 6.48. The number of anilines is 2. The highest BCUT2D eigenvalue weighted by molar-refractivity contribution is 6.30. The van der Waals surface area contributed by atoms with Gasteiger partial charge in [0.15, 0.2) is 0 Å². The van der Waals surface area contributed by atoms with Gasteiger partial charge in [-0.2, -0.15) is 0 Å². The molecule has 0 aliphatic carbocycles. The first-order chi connectivity index (χ1) is 9.15. The molecular weight excluding hydrogens is 256 g/mol. The van der Waals surface area contributed by atoms with E-state index in [2.05, 4.69) is 23.5 Å². The topological polar surface area (TPSA) is 38.0 Å². The van der Waals surface area contributed by atoms with Gasteiger partial charge in [-0.25, -0.2) is 0 Å². The van der Waals surface area contributed by atoms with E-state index in [1.54, 1.807) is 0 Å². The smallest absolute Gasteiger partial charge is 0.0406 e. The lowest BCUT2D eigenvalue weighted by Crippen LogP contribution is -2.03. The second-order valence-electron chi connectivity index (χ2n) is 4.73. The number of hydrogen-bond donors (Lipinski definition) is 2. The van der Waals surface area contributed by atoms with Crippen molar-refractivity contribution in [1.82, 2.24) is 0 Å². The zero-order valence-corrected chi connectivity index (χ0v) is 11.9. The summed E-state index contributed by atoms with van der Waals surface area (Å²) < 4.78 is 0. The van der Waals surface area contributed by atoms with Gasteiger partial charge in [0, 0.05) is 22.9 Å². The van der Waals surface area contributed by atoms with Crippen LogP contribution in [0.25, 0.3) is 0 Å². The standard InChI is InChI=1S/C16H19ClN2/c1-12-4-9-15(11-16(12)18)19-10-2-3-13-5-7-14(17)8-6-13/h4-9,11,19H,2-3,10,18H2,1H3. The predicted molar refractivity (Wildman–Crippen MR) is 83.9 cm³/mol. The van der Waals surface area contributed by atoms with Gasteiger partial charge in [-0.3, -0.25) is 0 Å². The molecule has 0 bridgehead atoms. The van der Waals surface area contributed by atoms with E-state index in [1.165, 1.54) is 5.56 Å². The first-order valence-corrected chi connectivity index (χ1v) is 6.87. The third-order valence-corrected chi connectivity index (χ3v) is 3.42. The van der Waals surface area contributed by atoms with Crippen LogP contribution in [0.3, 0.4) is 0 Å². The van der Waals surface area contributed by atoms with Crippen LogP contribution in [-0.2, 0) is 6.42 Å². The Balaban J connectivity index is 1.77. The first kappa shape index (κ1) is 13.8. The van der Waals surface area contributed by atoms with E-state index in [0.29, 0.717) is 0 Å². The van der Waals surface area contributed by atoms with Gasteiger partial charge in [0.05, 0.1) is 0 Å². The van der Waals surface area contributed by atoms with Gasteiger partial charge >= 0.3 is 0 Å². The van der Waals surface area contributed by atoms with E-state index in [0.717, 1.165) is 41.3 Å². The Morgan fingerprint density at radius 1 is 1.11 bits per heavy atom. The number of halogens is 1. The van der Waals surface area contributed by atoms with E-state index in [1.807, 2.05) is 31.2 Å². The van der Waals surface area contributed by atoms with E-state index >= 15 is 0 Å². The van der Waals surface area contributed by atoms with Crippen molar-refractivity contribution in [3.8, 4) is 0 Å². The molecule has 0 aromatic heterocycles. The molecule has 0 fully saturated rings. The largest absolute Gasteiger partial charge is 0.398 e. The molecule has 2 aromatic rings. The number of nitrogens with one attached hydrogen (secondary N) is 1. The minimum Gasteiger partial charge on any atom is -0.398 e. The average molecular weight is 275 g/mol. The summed E-state index contributed by atoms with van der Waals surface area (Å²) in [6.07, 6.45) is 2.13. The number of aryl methyl sites for hydroxylation is 2. The maximum atomic E-state index is 5.88. The van der Waals surface area contributed by atoms with Crippen LogP contribution >= 0.6 is 11.6 Å². The van der Waals surface area contributed by atoms with Crippen LogP contribution in [0, 0.1) is 6.92 Å². The summed E-state index contributed by atoms with van der Waals surface area (Å²) >= 11 is 5.86. The molecule has 100 valence electrons. The molecule has 0 atom stereocenters. The molecule has 0 saturated carbocycles. The fourth-order valence-corrected chi connectivity index (χ4v) is 2.05. The summed E-state index contributed by atoms with van der Waals surface area (Å²) in [6.45, 7) is 2.95. The maximum Gasteiger partial charge on any atom is 0.0406 e. The van der Waals surface area contributed by atoms with Crippen LogP contribution in [0.15, 0.2) is 42.5 Å². The Kier molecular flexibility index (Phi) is 4.69. The van der Waals surface area contributed by atoms with E-state index in [4.69, 9.17) is 17.3 Å². The Morgan fingerprint density at radius 3 is 2.53 bits per heavy atom. The minimum absolute atomic E-state index is 0.789. The Labute approximate surface area is 119 Å². The van der Waals surface area contributed by atoms with Crippen LogP contribution < -0.4 is 11.1 Å². The molecule has 0 heterocycles. The summed E-state index contributed by atoms with van der Waals surface area (Å²) in [6, 6.07) is 14.1. The van der Waals surface area contributed by atoms with Gasteiger partial charge in [-0.05, 0) is 55.2 Å². The average Bonchev–Trinajstić information content (AvgIpc) is 2.41. The molecule has 3 heteroatoms. The molecule has 0 spiro atoms. The lowest BCUT2D eigenvalue weighted by Gasteiger charge is -2.08. The molecule has 0 amide bonds. The van der Waals surface area contributed by atoms with Gasteiger partial charge in [0.2, 0.25) is 0 Å². The number of rotatable bonds is 5. The monoisotopic (exact) mass is 274 g/mol. The van der Waals surface area contributed by atoms with Crippen molar-refractivity contribution in [2.24, 2.45) is 0 Å². The predicted octanol–water partition coefficient (Wildman–Crippen LogP) is 4.28. The van der Waals surface area contributed by atoms with Crippen molar-refractivity contribution >= 4 is 23.0 Å². The van der Waals surface area contributed by atoms with E-state index in [9.17, 15) is 0 Å². The van der Waals surface area contributed by atoms with Crippen LogP contribution in [0.5, 0.6) is 0 Å². The zero-order valence-electron chi connectivity index (χ0n) is 11.1. The minimum atomic E-state index is 0.789. The van der Waals surface area contributed by atoms with Crippen molar-refractivity contribution in [3.63, 3.8) is 0 Å². The summed E-state index contributed by atoms with van der Waals surface area (Å²) in [5.74, 6) is 0. The van der Waals surface area contributed by atoms with Crippen molar-refractivity contribution in [2.45, 2.75) is 19.8 Å².